The average molecular weight is 741 g/mol. The molecule has 2 aliphatic rings. The molecule has 2 aliphatic carbocycles. The van der Waals surface area contributed by atoms with Crippen LogP contribution < -0.4 is 15.5 Å². The smallest absolute Gasteiger partial charge is 0.410 e. The van der Waals surface area contributed by atoms with E-state index in [1.807, 2.05) is 12.1 Å². The molecule has 288 valence electrons. The standard InChI is InChI=1S/C42H52N4O8/c1-27(45(5)41(51)54-42(2,3)4)37(47)44-46(25-28-19-23-32(24-20-28)53-26-29-17-21-31(22-18-29)40(50)52-6)39(49)35-15-10-14-34(35)38(48)43-36-16-9-12-30-11-7-8-13-33(30)36/h7-8,11,13,17-24,27,34-36H,9-10,12,14-16,25-26H2,1-6H3,(H,43,48)(H,44,47)/t27-,34+,35+,36+/m0/s1. The summed E-state index contributed by atoms with van der Waals surface area (Å²) in [7, 11) is 2.80. The molecule has 1 fully saturated rings. The van der Waals surface area contributed by atoms with E-state index in [9.17, 15) is 24.0 Å². The third-order valence-corrected chi connectivity index (χ3v) is 10.1. The van der Waals surface area contributed by atoms with Gasteiger partial charge in [0.2, 0.25) is 11.8 Å². The maximum Gasteiger partial charge on any atom is 0.410 e. The summed E-state index contributed by atoms with van der Waals surface area (Å²) in [5.41, 5.74) is 6.39. The van der Waals surface area contributed by atoms with Crippen molar-refractivity contribution >= 4 is 29.8 Å². The van der Waals surface area contributed by atoms with Crippen LogP contribution in [-0.2, 0) is 43.4 Å². The number of likely N-dealkylation sites (N-methyl/N-ethyl adjacent to an activating group) is 1. The minimum absolute atomic E-state index is 0.0174. The molecule has 0 unspecified atom stereocenters. The van der Waals surface area contributed by atoms with Gasteiger partial charge in [-0.25, -0.2) is 14.6 Å². The number of hydrogen-bond acceptors (Lipinski definition) is 8. The zero-order valence-corrected chi connectivity index (χ0v) is 32.1. The summed E-state index contributed by atoms with van der Waals surface area (Å²) in [4.78, 5) is 67.6. The van der Waals surface area contributed by atoms with Crippen LogP contribution in [0.5, 0.6) is 5.75 Å². The van der Waals surface area contributed by atoms with Gasteiger partial charge >= 0.3 is 12.1 Å². The van der Waals surface area contributed by atoms with Crippen LogP contribution in [0, 0.1) is 11.8 Å². The van der Waals surface area contributed by atoms with Crippen molar-refractivity contribution in [3.63, 3.8) is 0 Å². The number of amides is 4. The van der Waals surface area contributed by atoms with Crippen LogP contribution in [0.25, 0.3) is 0 Å². The topological polar surface area (TPSA) is 144 Å². The van der Waals surface area contributed by atoms with Gasteiger partial charge < -0.3 is 19.5 Å². The van der Waals surface area contributed by atoms with Crippen LogP contribution in [0.3, 0.4) is 0 Å². The molecule has 0 saturated heterocycles. The highest BCUT2D eigenvalue weighted by Gasteiger charge is 2.41. The van der Waals surface area contributed by atoms with Gasteiger partial charge in [-0.15, -0.1) is 0 Å². The molecule has 0 heterocycles. The van der Waals surface area contributed by atoms with Crippen molar-refractivity contribution in [2.75, 3.05) is 14.2 Å². The Morgan fingerprint density at radius 2 is 1.52 bits per heavy atom. The van der Waals surface area contributed by atoms with E-state index in [4.69, 9.17) is 14.2 Å². The zero-order chi connectivity index (χ0) is 39.0. The Morgan fingerprint density at radius 3 is 2.20 bits per heavy atom. The second-order valence-corrected chi connectivity index (χ2v) is 15.1. The van der Waals surface area contributed by atoms with Crippen LogP contribution in [0.15, 0.2) is 72.8 Å². The summed E-state index contributed by atoms with van der Waals surface area (Å²) in [6.45, 7) is 7.07. The molecule has 0 spiro atoms. The van der Waals surface area contributed by atoms with Gasteiger partial charge in [-0.3, -0.25) is 24.7 Å². The first-order chi connectivity index (χ1) is 25.7. The minimum atomic E-state index is -0.971. The number of methoxy groups -OCH3 is 1. The number of rotatable bonds is 11. The Bertz CT molecular complexity index is 1800. The van der Waals surface area contributed by atoms with Crippen LogP contribution >= 0.6 is 0 Å². The molecular weight excluding hydrogens is 688 g/mol. The minimum Gasteiger partial charge on any atom is -0.489 e. The number of nitrogens with zero attached hydrogens (tertiary/aromatic N) is 2. The SMILES string of the molecule is COC(=O)c1ccc(COc2ccc(CN(NC(=O)[C@H](C)N(C)C(=O)OC(C)(C)C)C(=O)[C@@H]3CCC[C@H]3C(=O)N[C@@H]3CCCc4ccccc43)cc2)cc1. The van der Waals surface area contributed by atoms with Crippen LogP contribution in [0.4, 0.5) is 4.79 Å². The van der Waals surface area contributed by atoms with Crippen molar-refractivity contribution in [2.24, 2.45) is 11.8 Å². The first kappa shape index (κ1) is 39.8. The highest BCUT2D eigenvalue weighted by atomic mass is 16.6. The first-order valence-electron chi connectivity index (χ1n) is 18.6. The van der Waals surface area contributed by atoms with Crippen molar-refractivity contribution < 1.29 is 38.2 Å². The summed E-state index contributed by atoms with van der Waals surface area (Å²) in [5, 5.41) is 4.52. The highest BCUT2D eigenvalue weighted by Crippen LogP contribution is 2.36. The van der Waals surface area contributed by atoms with E-state index < -0.39 is 41.4 Å². The molecule has 0 aromatic heterocycles. The van der Waals surface area contributed by atoms with Gasteiger partial charge in [-0.2, -0.15) is 0 Å². The molecule has 0 bridgehead atoms. The number of nitrogens with one attached hydrogen (secondary N) is 2. The largest absolute Gasteiger partial charge is 0.489 e. The van der Waals surface area contributed by atoms with Gasteiger partial charge in [-0.05, 0) is 106 Å². The molecule has 1 saturated carbocycles. The molecule has 0 radical (unpaired) electrons. The molecule has 12 nitrogen and oxygen atoms in total. The fourth-order valence-electron chi connectivity index (χ4n) is 6.91. The third kappa shape index (κ3) is 10.2. The number of fused-ring (bicyclic) bond motifs is 1. The van der Waals surface area contributed by atoms with E-state index in [2.05, 4.69) is 22.9 Å². The number of hydrazine groups is 1. The van der Waals surface area contributed by atoms with E-state index in [0.29, 0.717) is 36.1 Å². The van der Waals surface area contributed by atoms with E-state index in [-0.39, 0.29) is 31.0 Å². The predicted octanol–water partition coefficient (Wildman–Crippen LogP) is 6.28. The Balaban J connectivity index is 1.30. The molecule has 0 aliphatic heterocycles. The van der Waals surface area contributed by atoms with E-state index in [1.165, 1.54) is 29.6 Å². The first-order valence-corrected chi connectivity index (χ1v) is 18.6. The van der Waals surface area contributed by atoms with E-state index >= 15 is 0 Å². The Kier molecular flexibility index (Phi) is 13.0. The summed E-state index contributed by atoms with van der Waals surface area (Å²) < 4.78 is 16.2. The Morgan fingerprint density at radius 1 is 0.852 bits per heavy atom. The van der Waals surface area contributed by atoms with Gasteiger partial charge in [0, 0.05) is 13.0 Å². The Hall–Kier alpha value is -5.39. The third-order valence-electron chi connectivity index (χ3n) is 10.1. The highest BCUT2D eigenvalue weighted by molar-refractivity contribution is 5.91. The lowest BCUT2D eigenvalue weighted by Crippen LogP contribution is -2.55. The quantitative estimate of drug-likeness (QED) is 0.173. The zero-order valence-electron chi connectivity index (χ0n) is 32.1. The molecule has 54 heavy (non-hydrogen) atoms. The number of carbonyl (C=O) groups excluding carboxylic acids is 5. The molecular formula is C42H52N4O8. The molecule has 4 amide bonds. The molecule has 4 atom stereocenters. The predicted molar refractivity (Wildman–Crippen MR) is 202 cm³/mol. The van der Waals surface area contributed by atoms with Gasteiger partial charge in [0.15, 0.2) is 0 Å². The molecule has 3 aromatic rings. The lowest BCUT2D eigenvalue weighted by atomic mass is 9.86. The molecule has 12 heteroatoms. The fourth-order valence-corrected chi connectivity index (χ4v) is 6.91. The molecule has 3 aromatic carbocycles. The average Bonchev–Trinajstić information content (AvgIpc) is 3.66. The Labute approximate surface area is 317 Å². The van der Waals surface area contributed by atoms with Gasteiger partial charge in [0.25, 0.3) is 5.91 Å². The van der Waals surface area contributed by atoms with E-state index in [0.717, 1.165) is 30.4 Å². The van der Waals surface area contributed by atoms with E-state index in [1.54, 1.807) is 76.2 Å². The summed E-state index contributed by atoms with van der Waals surface area (Å²) >= 11 is 0. The normalized spacial score (nSPS) is 18.4. The fraction of sp³-hybridized carbons (Fsp3) is 0.452. The second-order valence-electron chi connectivity index (χ2n) is 15.1. The van der Waals surface area contributed by atoms with Gasteiger partial charge in [-0.1, -0.05) is 55.0 Å². The number of hydrogen-bond donors (Lipinski definition) is 2. The van der Waals surface area contributed by atoms with Crippen molar-refractivity contribution in [2.45, 2.75) is 97.1 Å². The van der Waals surface area contributed by atoms with Gasteiger partial charge in [0.05, 0.1) is 31.2 Å². The molecule has 5 rings (SSSR count). The van der Waals surface area contributed by atoms with Crippen LogP contribution in [0.2, 0.25) is 0 Å². The summed E-state index contributed by atoms with van der Waals surface area (Å²) in [6, 6.07) is 21.2. The number of benzene rings is 3. The van der Waals surface area contributed by atoms with Crippen molar-refractivity contribution in [3.8, 4) is 5.75 Å². The van der Waals surface area contributed by atoms with Crippen molar-refractivity contribution in [1.29, 1.82) is 0 Å². The number of ether oxygens (including phenoxy) is 3. The number of carbonyl (C=O) groups is 5. The van der Waals surface area contributed by atoms with Crippen LogP contribution in [0.1, 0.15) is 98.5 Å². The summed E-state index contributed by atoms with van der Waals surface area (Å²) in [5.74, 6) is -2.12. The van der Waals surface area contributed by atoms with Crippen LogP contribution in [-0.4, -0.2) is 65.5 Å². The maximum absolute atomic E-state index is 14.4. The van der Waals surface area contributed by atoms with Gasteiger partial charge in [0.1, 0.15) is 24.0 Å². The monoisotopic (exact) mass is 740 g/mol. The maximum atomic E-state index is 14.4. The lowest BCUT2D eigenvalue weighted by Gasteiger charge is -2.32. The lowest BCUT2D eigenvalue weighted by molar-refractivity contribution is -0.149. The number of esters is 1. The van der Waals surface area contributed by atoms with Crippen molar-refractivity contribution in [3.05, 3.63) is 101 Å². The molecule has 2 N–H and O–H groups in total. The number of aryl methyl sites for hydroxylation is 1. The second kappa shape index (κ2) is 17.6. The summed E-state index contributed by atoms with van der Waals surface area (Å²) in [6.07, 6.45) is 3.88. The van der Waals surface area contributed by atoms with Crippen molar-refractivity contribution in [1.82, 2.24) is 20.7 Å².